The van der Waals surface area contributed by atoms with Crippen LogP contribution in [0.5, 0.6) is 0 Å². The largest absolute Gasteiger partial charge is 0.367 e. The number of rotatable bonds is 4. The second-order valence-corrected chi connectivity index (χ2v) is 6.49. The van der Waals surface area contributed by atoms with Crippen molar-refractivity contribution in [2.24, 2.45) is 23.7 Å². The summed E-state index contributed by atoms with van der Waals surface area (Å²) < 4.78 is 0. The molecule has 0 aromatic heterocycles. The molecule has 1 aromatic carbocycles. The second kappa shape index (κ2) is 4.97. The maximum Gasteiger partial charge on any atom is 0.235 e. The van der Waals surface area contributed by atoms with E-state index in [2.05, 4.69) is 36.5 Å². The summed E-state index contributed by atoms with van der Waals surface area (Å²) in [6, 6.07) is 8.12. The number of hydrogen-bond donors (Lipinski definition) is 1. The Morgan fingerprint density at radius 2 is 1.64 bits per heavy atom. The molecule has 3 aliphatic rings. The van der Waals surface area contributed by atoms with E-state index in [0.717, 1.165) is 18.5 Å². The fourth-order valence-corrected chi connectivity index (χ4v) is 4.15. The van der Waals surface area contributed by atoms with Gasteiger partial charge in [0, 0.05) is 5.69 Å². The molecule has 22 heavy (non-hydrogen) atoms. The molecule has 1 heterocycles. The first-order valence-electron chi connectivity index (χ1n) is 8.05. The highest BCUT2D eigenvalue weighted by Crippen LogP contribution is 2.52. The fourth-order valence-electron chi connectivity index (χ4n) is 4.15. The van der Waals surface area contributed by atoms with Gasteiger partial charge in [0.1, 0.15) is 0 Å². The van der Waals surface area contributed by atoms with Gasteiger partial charge < -0.3 is 5.32 Å². The molecule has 2 bridgehead atoms. The molecule has 4 atom stereocenters. The highest BCUT2D eigenvalue weighted by Gasteiger charge is 2.59. The van der Waals surface area contributed by atoms with Crippen LogP contribution in [-0.2, 0) is 16.0 Å². The molecule has 1 saturated heterocycles. The van der Waals surface area contributed by atoms with Gasteiger partial charge in [0.05, 0.1) is 18.5 Å². The topological polar surface area (TPSA) is 49.4 Å². The third-order valence-electron chi connectivity index (χ3n) is 5.37. The Bertz CT molecular complexity index is 620. The van der Waals surface area contributed by atoms with Crippen LogP contribution in [0.15, 0.2) is 36.4 Å². The predicted molar refractivity (Wildman–Crippen MR) is 83.9 cm³/mol. The molecule has 4 rings (SSSR count). The first kappa shape index (κ1) is 13.6. The van der Waals surface area contributed by atoms with Crippen LogP contribution in [0.1, 0.15) is 18.9 Å². The third kappa shape index (κ3) is 1.90. The van der Waals surface area contributed by atoms with E-state index in [-0.39, 0.29) is 42.2 Å². The van der Waals surface area contributed by atoms with Gasteiger partial charge in [-0.05, 0) is 42.4 Å². The monoisotopic (exact) mass is 296 g/mol. The SMILES string of the molecule is CCc1ccc(NCN2C(=O)[C@@H]3[C@H](C2=O)[C@@H]2C=C[C@@H]3C2)cc1. The molecule has 1 aromatic rings. The number of anilines is 1. The summed E-state index contributed by atoms with van der Waals surface area (Å²) in [7, 11) is 0. The lowest BCUT2D eigenvalue weighted by Gasteiger charge is -2.18. The number of benzene rings is 1. The average Bonchev–Trinajstić information content (AvgIpc) is 3.21. The van der Waals surface area contributed by atoms with Crippen LogP contribution in [0.2, 0.25) is 0 Å². The number of imide groups is 1. The third-order valence-corrected chi connectivity index (χ3v) is 5.37. The van der Waals surface area contributed by atoms with Gasteiger partial charge in [-0.15, -0.1) is 0 Å². The van der Waals surface area contributed by atoms with Crippen LogP contribution < -0.4 is 5.32 Å². The normalized spacial score (nSPS) is 32.0. The number of hydrogen-bond acceptors (Lipinski definition) is 3. The van der Waals surface area contributed by atoms with Crippen LogP contribution in [-0.4, -0.2) is 23.4 Å². The van der Waals surface area contributed by atoms with E-state index in [1.165, 1.54) is 10.5 Å². The number of amides is 2. The van der Waals surface area contributed by atoms with Gasteiger partial charge in [-0.3, -0.25) is 14.5 Å². The summed E-state index contributed by atoms with van der Waals surface area (Å²) in [6.45, 7) is 2.39. The zero-order chi connectivity index (χ0) is 15.3. The molecule has 0 spiro atoms. The number of allylic oxidation sites excluding steroid dienone is 2. The number of nitrogens with one attached hydrogen (secondary N) is 1. The Morgan fingerprint density at radius 3 is 2.18 bits per heavy atom. The highest BCUT2D eigenvalue weighted by molar-refractivity contribution is 6.06. The minimum absolute atomic E-state index is 0.00419. The first-order valence-corrected chi connectivity index (χ1v) is 8.05. The Balaban J connectivity index is 1.45. The molecule has 2 aliphatic carbocycles. The highest BCUT2D eigenvalue weighted by atomic mass is 16.2. The summed E-state index contributed by atoms with van der Waals surface area (Å²) in [4.78, 5) is 26.5. The van der Waals surface area contributed by atoms with Crippen molar-refractivity contribution in [2.75, 3.05) is 12.0 Å². The molecule has 4 heteroatoms. The van der Waals surface area contributed by atoms with Crippen molar-refractivity contribution in [2.45, 2.75) is 19.8 Å². The lowest BCUT2D eigenvalue weighted by molar-refractivity contribution is -0.140. The van der Waals surface area contributed by atoms with Gasteiger partial charge in [0.25, 0.3) is 0 Å². The molecule has 0 unspecified atom stereocenters. The molecular weight excluding hydrogens is 276 g/mol. The van der Waals surface area contributed by atoms with E-state index in [4.69, 9.17) is 0 Å². The van der Waals surface area contributed by atoms with E-state index < -0.39 is 0 Å². The Hall–Kier alpha value is -2.10. The summed E-state index contributed by atoms with van der Waals surface area (Å²) in [5.74, 6) is 0.355. The van der Waals surface area contributed by atoms with Crippen LogP contribution in [0.3, 0.4) is 0 Å². The van der Waals surface area contributed by atoms with E-state index in [1.807, 2.05) is 12.1 Å². The van der Waals surface area contributed by atoms with Crippen molar-refractivity contribution in [1.82, 2.24) is 4.90 Å². The summed E-state index contributed by atoms with van der Waals surface area (Å²) >= 11 is 0. The van der Waals surface area contributed by atoms with Gasteiger partial charge in [-0.25, -0.2) is 0 Å². The zero-order valence-corrected chi connectivity index (χ0v) is 12.7. The van der Waals surface area contributed by atoms with E-state index in [0.29, 0.717) is 0 Å². The predicted octanol–water partition coefficient (Wildman–Crippen LogP) is 2.43. The molecular formula is C18H20N2O2. The molecule has 1 saturated carbocycles. The average molecular weight is 296 g/mol. The molecule has 2 amide bonds. The van der Waals surface area contributed by atoms with Crippen LogP contribution >= 0.6 is 0 Å². The standard InChI is InChI=1S/C18H20N2O2/c1-2-11-3-7-14(8-4-11)19-10-20-17(21)15-12-5-6-13(9-12)16(15)18(20)22/h3-8,12-13,15-16,19H,2,9-10H2,1H3/t12-,13-,15-,16+/m1/s1. The number of fused-ring (bicyclic) bond motifs is 5. The minimum atomic E-state index is -0.105. The fraction of sp³-hybridized carbons (Fsp3) is 0.444. The first-order chi connectivity index (χ1) is 10.7. The van der Waals surface area contributed by atoms with Gasteiger partial charge in [0.2, 0.25) is 11.8 Å². The van der Waals surface area contributed by atoms with Gasteiger partial charge in [-0.2, -0.15) is 0 Å². The molecule has 1 N–H and O–H groups in total. The number of carbonyl (C=O) groups is 2. The maximum absolute atomic E-state index is 12.5. The molecule has 2 fully saturated rings. The summed E-state index contributed by atoms with van der Waals surface area (Å²) in [5.41, 5.74) is 2.21. The van der Waals surface area contributed by atoms with Crippen LogP contribution in [0.4, 0.5) is 5.69 Å². The molecule has 4 nitrogen and oxygen atoms in total. The Kier molecular flexibility index (Phi) is 3.06. The van der Waals surface area contributed by atoms with E-state index in [1.54, 1.807) is 0 Å². The number of aryl methyl sites for hydroxylation is 1. The van der Waals surface area contributed by atoms with Crippen molar-refractivity contribution in [3.8, 4) is 0 Å². The summed E-state index contributed by atoms with van der Waals surface area (Å²) in [6.07, 6.45) is 6.23. The lowest BCUT2D eigenvalue weighted by atomic mass is 9.85. The number of nitrogens with zero attached hydrogens (tertiary/aromatic N) is 1. The van der Waals surface area contributed by atoms with Gasteiger partial charge in [0.15, 0.2) is 0 Å². The Labute approximate surface area is 130 Å². The smallest absolute Gasteiger partial charge is 0.235 e. The van der Waals surface area contributed by atoms with Crippen LogP contribution in [0.25, 0.3) is 0 Å². The lowest BCUT2D eigenvalue weighted by Crippen LogP contribution is -2.37. The van der Waals surface area contributed by atoms with Crippen molar-refractivity contribution >= 4 is 17.5 Å². The molecule has 0 radical (unpaired) electrons. The number of likely N-dealkylation sites (tertiary alicyclic amines) is 1. The van der Waals surface area contributed by atoms with Crippen molar-refractivity contribution in [3.63, 3.8) is 0 Å². The van der Waals surface area contributed by atoms with E-state index >= 15 is 0 Å². The second-order valence-electron chi connectivity index (χ2n) is 6.49. The van der Waals surface area contributed by atoms with Crippen LogP contribution in [0, 0.1) is 23.7 Å². The minimum Gasteiger partial charge on any atom is -0.367 e. The van der Waals surface area contributed by atoms with Crippen molar-refractivity contribution in [1.29, 1.82) is 0 Å². The Morgan fingerprint density at radius 1 is 1.05 bits per heavy atom. The van der Waals surface area contributed by atoms with Gasteiger partial charge >= 0.3 is 0 Å². The molecule has 114 valence electrons. The van der Waals surface area contributed by atoms with Crippen molar-refractivity contribution in [3.05, 3.63) is 42.0 Å². The molecule has 1 aliphatic heterocycles. The zero-order valence-electron chi connectivity index (χ0n) is 12.7. The van der Waals surface area contributed by atoms with Gasteiger partial charge in [-0.1, -0.05) is 31.2 Å². The summed E-state index contributed by atoms with van der Waals surface area (Å²) in [5, 5.41) is 3.20. The van der Waals surface area contributed by atoms with E-state index in [9.17, 15) is 9.59 Å². The number of carbonyl (C=O) groups excluding carboxylic acids is 2. The quantitative estimate of drug-likeness (QED) is 0.686. The van der Waals surface area contributed by atoms with Crippen molar-refractivity contribution < 1.29 is 9.59 Å². The maximum atomic E-state index is 12.5.